The second-order valence-corrected chi connectivity index (χ2v) is 5.68. The number of carboxylic acids is 1. The molecular formula is C17H13ClF3NO4. The van der Waals surface area contributed by atoms with Crippen molar-refractivity contribution in [3.63, 3.8) is 0 Å². The van der Waals surface area contributed by atoms with Crippen molar-refractivity contribution in [1.29, 1.82) is 0 Å². The number of halogens is 4. The fourth-order valence-electron chi connectivity index (χ4n) is 2.02. The Labute approximate surface area is 151 Å². The number of amides is 1. The Bertz CT molecular complexity index is 793. The van der Waals surface area contributed by atoms with Gasteiger partial charge in [-0.3, -0.25) is 9.59 Å². The van der Waals surface area contributed by atoms with Crippen LogP contribution in [0.4, 0.5) is 13.2 Å². The van der Waals surface area contributed by atoms with Gasteiger partial charge < -0.3 is 9.94 Å². The minimum Gasteiger partial charge on any atom is -0.480 e. The number of rotatable bonds is 6. The third kappa shape index (κ3) is 5.66. The Morgan fingerprint density at radius 3 is 2.35 bits per heavy atom. The van der Waals surface area contributed by atoms with Gasteiger partial charge in [-0.15, -0.1) is 0 Å². The van der Waals surface area contributed by atoms with Crippen LogP contribution in [-0.2, 0) is 22.2 Å². The van der Waals surface area contributed by atoms with Crippen LogP contribution >= 0.6 is 11.6 Å². The average Bonchev–Trinajstić information content (AvgIpc) is 2.55. The van der Waals surface area contributed by atoms with Crippen LogP contribution in [-0.4, -0.2) is 28.6 Å². The number of carbonyl (C=O) groups excluding carboxylic acids is 1. The minimum atomic E-state index is -4.59. The zero-order valence-electron chi connectivity index (χ0n) is 13.2. The molecule has 0 saturated heterocycles. The van der Waals surface area contributed by atoms with E-state index in [1.807, 2.05) is 0 Å². The molecule has 2 aromatic rings. The molecule has 0 fully saturated rings. The van der Waals surface area contributed by atoms with Crippen molar-refractivity contribution in [1.82, 2.24) is 5.06 Å². The van der Waals surface area contributed by atoms with Gasteiger partial charge in [0.15, 0.2) is 12.3 Å². The predicted octanol–water partition coefficient (Wildman–Crippen LogP) is 3.81. The summed E-state index contributed by atoms with van der Waals surface area (Å²) in [5, 5.41) is 9.89. The summed E-state index contributed by atoms with van der Waals surface area (Å²) in [7, 11) is 0. The zero-order chi connectivity index (χ0) is 19.3. The lowest BCUT2D eigenvalue weighted by Crippen LogP contribution is -2.39. The molecule has 0 bridgehead atoms. The summed E-state index contributed by atoms with van der Waals surface area (Å²) in [5.41, 5.74) is -0.433. The van der Waals surface area contributed by atoms with Crippen LogP contribution in [0.5, 0.6) is 5.75 Å². The first kappa shape index (κ1) is 19.6. The van der Waals surface area contributed by atoms with Crippen molar-refractivity contribution < 1.29 is 32.7 Å². The topological polar surface area (TPSA) is 66.8 Å². The highest BCUT2D eigenvalue weighted by Crippen LogP contribution is 2.31. The molecule has 2 aromatic carbocycles. The smallest absolute Gasteiger partial charge is 0.416 e. The Hall–Kier alpha value is -2.74. The number of alkyl halides is 3. The maximum absolute atomic E-state index is 12.8. The molecule has 26 heavy (non-hydrogen) atoms. The molecule has 0 aromatic heterocycles. The van der Waals surface area contributed by atoms with E-state index in [9.17, 15) is 22.8 Å². The van der Waals surface area contributed by atoms with Gasteiger partial charge in [0.05, 0.1) is 12.0 Å². The number of carbonyl (C=O) groups is 2. The Morgan fingerprint density at radius 2 is 1.77 bits per heavy atom. The highest BCUT2D eigenvalue weighted by Gasteiger charge is 2.31. The molecule has 0 unspecified atom stereocenters. The van der Waals surface area contributed by atoms with E-state index in [1.54, 1.807) is 24.3 Å². The third-order valence-electron chi connectivity index (χ3n) is 3.20. The van der Waals surface area contributed by atoms with Gasteiger partial charge in [0.25, 0.3) is 5.91 Å². The molecule has 0 radical (unpaired) electrons. The molecule has 5 nitrogen and oxygen atoms in total. The molecule has 0 aliphatic rings. The SMILES string of the molecule is O=C(O)CN(Oc1cccc(C(F)(F)F)c1)C(=O)Cc1ccc(Cl)cc1. The van der Waals surface area contributed by atoms with E-state index >= 15 is 0 Å². The first-order chi connectivity index (χ1) is 12.1. The molecule has 138 valence electrons. The maximum Gasteiger partial charge on any atom is 0.416 e. The van der Waals surface area contributed by atoms with E-state index < -0.39 is 30.2 Å². The molecule has 0 aliphatic heterocycles. The van der Waals surface area contributed by atoms with Gasteiger partial charge in [0, 0.05) is 5.02 Å². The average molecular weight is 388 g/mol. The fourth-order valence-corrected chi connectivity index (χ4v) is 2.14. The Morgan fingerprint density at radius 1 is 1.12 bits per heavy atom. The van der Waals surface area contributed by atoms with Gasteiger partial charge in [-0.05, 0) is 35.9 Å². The number of benzene rings is 2. The number of hydroxylamine groups is 2. The summed E-state index contributed by atoms with van der Waals surface area (Å²) in [5.74, 6) is -2.40. The van der Waals surface area contributed by atoms with Gasteiger partial charge in [0.1, 0.15) is 0 Å². The minimum absolute atomic E-state index is 0.205. The van der Waals surface area contributed by atoms with Crippen molar-refractivity contribution in [3.05, 3.63) is 64.7 Å². The lowest BCUT2D eigenvalue weighted by molar-refractivity contribution is -0.166. The molecule has 0 heterocycles. The van der Waals surface area contributed by atoms with Crippen molar-refractivity contribution in [2.75, 3.05) is 6.54 Å². The van der Waals surface area contributed by atoms with E-state index in [0.717, 1.165) is 12.1 Å². The summed E-state index contributed by atoms with van der Waals surface area (Å²) < 4.78 is 38.3. The number of hydrogen-bond acceptors (Lipinski definition) is 3. The Kier molecular flexibility index (Phi) is 6.10. The molecule has 9 heteroatoms. The van der Waals surface area contributed by atoms with Crippen molar-refractivity contribution >= 4 is 23.5 Å². The first-order valence-electron chi connectivity index (χ1n) is 7.27. The summed E-state index contributed by atoms with van der Waals surface area (Å²) in [6, 6.07) is 10.1. The van der Waals surface area contributed by atoms with Gasteiger partial charge in [0.2, 0.25) is 0 Å². The van der Waals surface area contributed by atoms with Crippen LogP contribution in [0.25, 0.3) is 0 Å². The Balaban J connectivity index is 2.17. The lowest BCUT2D eigenvalue weighted by Gasteiger charge is -2.21. The summed E-state index contributed by atoms with van der Waals surface area (Å²) in [6.07, 6.45) is -4.80. The van der Waals surface area contributed by atoms with Crippen LogP contribution in [0.15, 0.2) is 48.5 Å². The van der Waals surface area contributed by atoms with E-state index in [0.29, 0.717) is 21.7 Å². The van der Waals surface area contributed by atoms with Crippen molar-refractivity contribution in [2.45, 2.75) is 12.6 Å². The van der Waals surface area contributed by atoms with Crippen LogP contribution in [0.3, 0.4) is 0 Å². The van der Waals surface area contributed by atoms with E-state index in [-0.39, 0.29) is 12.2 Å². The number of aliphatic carboxylic acids is 1. The normalized spacial score (nSPS) is 11.1. The fraction of sp³-hybridized carbons (Fsp3) is 0.176. The van der Waals surface area contributed by atoms with Gasteiger partial charge in [-0.2, -0.15) is 18.2 Å². The summed E-state index contributed by atoms with van der Waals surface area (Å²) >= 11 is 5.75. The first-order valence-corrected chi connectivity index (χ1v) is 7.65. The van der Waals surface area contributed by atoms with Crippen LogP contribution in [0.1, 0.15) is 11.1 Å². The molecule has 1 amide bonds. The third-order valence-corrected chi connectivity index (χ3v) is 3.45. The maximum atomic E-state index is 12.8. The molecule has 0 saturated carbocycles. The number of nitrogens with zero attached hydrogens (tertiary/aromatic N) is 1. The van der Waals surface area contributed by atoms with Gasteiger partial charge >= 0.3 is 12.1 Å². The van der Waals surface area contributed by atoms with Crippen LogP contribution in [0.2, 0.25) is 5.02 Å². The molecule has 0 atom stereocenters. The number of hydrogen-bond donors (Lipinski definition) is 1. The quantitative estimate of drug-likeness (QED) is 0.765. The standard InChI is InChI=1S/C17H13ClF3NO4/c18-13-6-4-11(5-7-13)8-15(23)22(10-16(24)25)26-14-3-1-2-12(9-14)17(19,20)21/h1-7,9H,8,10H2,(H,24,25). The van der Waals surface area contributed by atoms with Gasteiger partial charge in [-0.1, -0.05) is 29.8 Å². The van der Waals surface area contributed by atoms with Crippen molar-refractivity contribution in [2.24, 2.45) is 0 Å². The second kappa shape index (κ2) is 8.09. The highest BCUT2D eigenvalue weighted by atomic mass is 35.5. The molecule has 0 spiro atoms. The second-order valence-electron chi connectivity index (χ2n) is 5.24. The number of carboxylic acid groups (broad SMARTS) is 1. The monoisotopic (exact) mass is 387 g/mol. The lowest BCUT2D eigenvalue weighted by atomic mass is 10.1. The van der Waals surface area contributed by atoms with E-state index in [4.69, 9.17) is 21.5 Å². The van der Waals surface area contributed by atoms with Crippen molar-refractivity contribution in [3.8, 4) is 5.75 Å². The molecule has 0 aliphatic carbocycles. The summed E-state index contributed by atoms with van der Waals surface area (Å²) in [6.45, 7) is -0.831. The molecule has 1 N–H and O–H groups in total. The zero-order valence-corrected chi connectivity index (χ0v) is 13.9. The largest absolute Gasteiger partial charge is 0.480 e. The van der Waals surface area contributed by atoms with Crippen LogP contribution < -0.4 is 4.84 Å². The van der Waals surface area contributed by atoms with Crippen LogP contribution in [0, 0.1) is 0 Å². The van der Waals surface area contributed by atoms with E-state index in [1.165, 1.54) is 6.07 Å². The predicted molar refractivity (Wildman–Crippen MR) is 86.6 cm³/mol. The summed E-state index contributed by atoms with van der Waals surface area (Å²) in [4.78, 5) is 28.4. The molecule has 2 rings (SSSR count). The van der Waals surface area contributed by atoms with E-state index in [2.05, 4.69) is 0 Å². The van der Waals surface area contributed by atoms with Gasteiger partial charge in [-0.25, -0.2) is 0 Å². The highest BCUT2D eigenvalue weighted by molar-refractivity contribution is 6.30. The molecular weight excluding hydrogens is 375 g/mol.